The van der Waals surface area contributed by atoms with Crippen LogP contribution in [0.2, 0.25) is 0 Å². The molecule has 0 aromatic heterocycles. The van der Waals surface area contributed by atoms with Crippen LogP contribution in [0.3, 0.4) is 0 Å². The van der Waals surface area contributed by atoms with E-state index in [9.17, 15) is 24.2 Å². The zero-order valence-corrected chi connectivity index (χ0v) is 37.3. The molecule has 0 aliphatic rings. The molecule has 0 saturated heterocycles. The van der Waals surface area contributed by atoms with Gasteiger partial charge in [-0.15, -0.1) is 0 Å². The molecule has 10 nitrogen and oxygen atoms in total. The van der Waals surface area contributed by atoms with Gasteiger partial charge in [0, 0.05) is 12.8 Å². The quantitative estimate of drug-likeness (QED) is 0.0235. The van der Waals surface area contributed by atoms with Gasteiger partial charge in [-0.3, -0.25) is 18.6 Å². The number of esters is 2. The molecular weight excluding hydrogens is 767 g/mol. The Morgan fingerprint density at radius 2 is 0.915 bits per heavy atom. The summed E-state index contributed by atoms with van der Waals surface area (Å²) in [7, 11) is -4.64. The first kappa shape index (κ1) is 55.9. The van der Waals surface area contributed by atoms with Crippen molar-refractivity contribution in [3.63, 3.8) is 0 Å². The highest BCUT2D eigenvalue weighted by molar-refractivity contribution is 7.47. The van der Waals surface area contributed by atoms with E-state index in [2.05, 4.69) is 116 Å². The molecule has 0 radical (unpaired) electrons. The summed E-state index contributed by atoms with van der Waals surface area (Å²) in [5.74, 6) is -1.01. The van der Waals surface area contributed by atoms with Crippen molar-refractivity contribution in [1.82, 2.24) is 0 Å². The number of phosphoric acid groups is 1. The predicted molar refractivity (Wildman–Crippen MR) is 242 cm³/mol. The van der Waals surface area contributed by atoms with E-state index in [4.69, 9.17) is 19.1 Å². The highest BCUT2D eigenvalue weighted by Gasteiger charge is 2.27. The van der Waals surface area contributed by atoms with Gasteiger partial charge in [0.1, 0.15) is 12.7 Å². The first-order chi connectivity index (χ1) is 28.7. The summed E-state index contributed by atoms with van der Waals surface area (Å²) < 4.78 is 32.7. The van der Waals surface area contributed by atoms with E-state index in [0.29, 0.717) is 12.8 Å². The Morgan fingerprint density at radius 1 is 0.508 bits per heavy atom. The van der Waals surface area contributed by atoms with Gasteiger partial charge in [-0.05, 0) is 96.3 Å². The molecule has 59 heavy (non-hydrogen) atoms. The number of rotatable bonds is 40. The SMILES string of the molecule is CCC/C=C/C/C=C/C/C=C/C/C=C/CCCCCC(=O)O[C@H](COC(=O)CCCCC/C=C/C/C=C/C/C=C/C/C=C/CCCCC)COP(=O)(O)OC[C@@H](O)CO. The maximum absolute atomic E-state index is 12.6. The molecule has 0 aromatic carbocycles. The van der Waals surface area contributed by atoms with Crippen molar-refractivity contribution < 1.29 is 47.8 Å². The maximum atomic E-state index is 12.6. The lowest BCUT2D eigenvalue weighted by Crippen LogP contribution is -2.29. The summed E-state index contributed by atoms with van der Waals surface area (Å²) >= 11 is 0. The summed E-state index contributed by atoms with van der Waals surface area (Å²) in [4.78, 5) is 35.0. The number of hydrogen-bond acceptors (Lipinski definition) is 9. The van der Waals surface area contributed by atoms with E-state index in [1.165, 1.54) is 32.1 Å². The fourth-order valence-corrected chi connectivity index (χ4v) is 6.05. The first-order valence-electron chi connectivity index (χ1n) is 22.2. The van der Waals surface area contributed by atoms with Crippen LogP contribution in [0.4, 0.5) is 0 Å². The minimum Gasteiger partial charge on any atom is -0.462 e. The van der Waals surface area contributed by atoms with E-state index < -0.39 is 51.8 Å². The van der Waals surface area contributed by atoms with Crippen molar-refractivity contribution >= 4 is 19.8 Å². The van der Waals surface area contributed by atoms with Gasteiger partial charge >= 0.3 is 19.8 Å². The third kappa shape index (κ3) is 42.8. The standard InChI is InChI=1S/C48H79O10P/c1-3-5-7-9-11-13-15-17-19-21-22-24-25-27-29-31-33-35-37-39-47(51)55-43-46(44-57-59(53,54)56-42-45(50)41-49)58-48(52)40-38-36-34-32-30-28-26-23-20-18-16-14-12-10-8-6-4-2/h8,10-11,13-14,16-17,19-20,22-24,27-30,45-46,49-50H,3-7,9,12,15,18,21,25-26,31-44H2,1-2H3,(H,53,54)/b10-8+,13-11+,16-14+,19-17+,23-20+,24-22+,29-27+,30-28+/t45-,46+/m0/s1. The molecule has 0 spiro atoms. The highest BCUT2D eigenvalue weighted by atomic mass is 31.2. The molecule has 1 unspecified atom stereocenters. The lowest BCUT2D eigenvalue weighted by Gasteiger charge is -2.20. The van der Waals surface area contributed by atoms with E-state index in [0.717, 1.165) is 83.5 Å². The summed E-state index contributed by atoms with van der Waals surface area (Å²) in [6.07, 6.45) is 52.2. The third-order valence-corrected chi connectivity index (χ3v) is 9.64. The van der Waals surface area contributed by atoms with Gasteiger partial charge in [0.15, 0.2) is 6.10 Å². The van der Waals surface area contributed by atoms with Gasteiger partial charge in [-0.2, -0.15) is 0 Å². The van der Waals surface area contributed by atoms with E-state index in [-0.39, 0.29) is 19.4 Å². The van der Waals surface area contributed by atoms with Gasteiger partial charge < -0.3 is 24.6 Å². The molecule has 0 bridgehead atoms. The summed E-state index contributed by atoms with van der Waals surface area (Å²) in [6, 6.07) is 0. The number of hydrogen-bond donors (Lipinski definition) is 3. The Balaban J connectivity index is 4.43. The molecular formula is C48H79O10P. The minimum atomic E-state index is -4.64. The van der Waals surface area contributed by atoms with Crippen LogP contribution in [0.15, 0.2) is 97.2 Å². The molecule has 0 aliphatic carbocycles. The average molecular weight is 847 g/mol. The fourth-order valence-electron chi connectivity index (χ4n) is 5.26. The van der Waals surface area contributed by atoms with Crippen LogP contribution in [0.1, 0.15) is 155 Å². The van der Waals surface area contributed by atoms with Gasteiger partial charge in [-0.25, -0.2) is 4.57 Å². The molecule has 0 saturated carbocycles. The number of carbonyl (C=O) groups is 2. The fraction of sp³-hybridized carbons (Fsp3) is 0.625. The van der Waals surface area contributed by atoms with Crippen molar-refractivity contribution in [3.05, 3.63) is 97.2 Å². The zero-order valence-electron chi connectivity index (χ0n) is 36.4. The Bertz CT molecular complexity index is 1300. The molecule has 336 valence electrons. The molecule has 0 amide bonds. The monoisotopic (exact) mass is 847 g/mol. The van der Waals surface area contributed by atoms with E-state index >= 15 is 0 Å². The largest absolute Gasteiger partial charge is 0.472 e. The topological polar surface area (TPSA) is 149 Å². The number of allylic oxidation sites excluding steroid dienone is 16. The number of unbranched alkanes of at least 4 members (excludes halogenated alkanes) is 10. The molecule has 0 aromatic rings. The van der Waals surface area contributed by atoms with Gasteiger partial charge in [-0.1, -0.05) is 143 Å². The van der Waals surface area contributed by atoms with Crippen molar-refractivity contribution in [1.29, 1.82) is 0 Å². The number of ether oxygens (including phenoxy) is 2. The van der Waals surface area contributed by atoms with Crippen molar-refractivity contribution in [2.45, 2.75) is 167 Å². The highest BCUT2D eigenvalue weighted by Crippen LogP contribution is 2.43. The number of carbonyl (C=O) groups excluding carboxylic acids is 2. The Morgan fingerprint density at radius 3 is 1.36 bits per heavy atom. The lowest BCUT2D eigenvalue weighted by molar-refractivity contribution is -0.161. The molecule has 0 aliphatic heterocycles. The van der Waals surface area contributed by atoms with Crippen LogP contribution in [0, 0.1) is 0 Å². The van der Waals surface area contributed by atoms with Gasteiger partial charge in [0.25, 0.3) is 0 Å². The first-order valence-corrected chi connectivity index (χ1v) is 23.7. The molecule has 3 atom stereocenters. The average Bonchev–Trinajstić information content (AvgIpc) is 3.22. The van der Waals surface area contributed by atoms with E-state index in [1.807, 2.05) is 0 Å². The van der Waals surface area contributed by atoms with Crippen LogP contribution in [0.25, 0.3) is 0 Å². The summed E-state index contributed by atoms with van der Waals surface area (Å²) in [5, 5.41) is 18.3. The summed E-state index contributed by atoms with van der Waals surface area (Å²) in [6.45, 7) is 2.19. The number of phosphoric ester groups is 1. The normalized spacial score (nSPS) is 14.7. The second-order valence-electron chi connectivity index (χ2n) is 14.4. The van der Waals surface area contributed by atoms with Crippen molar-refractivity contribution in [2.24, 2.45) is 0 Å². The Labute approximate surface area is 357 Å². The molecule has 0 fully saturated rings. The summed E-state index contributed by atoms with van der Waals surface area (Å²) in [5.41, 5.74) is 0. The predicted octanol–water partition coefficient (Wildman–Crippen LogP) is 12.0. The van der Waals surface area contributed by atoms with Crippen LogP contribution in [-0.2, 0) is 32.7 Å². The van der Waals surface area contributed by atoms with Crippen molar-refractivity contribution in [3.8, 4) is 0 Å². The number of aliphatic hydroxyl groups is 2. The molecule has 0 heterocycles. The second-order valence-corrected chi connectivity index (χ2v) is 15.8. The van der Waals surface area contributed by atoms with Gasteiger partial charge in [0.2, 0.25) is 0 Å². The molecule has 11 heteroatoms. The van der Waals surface area contributed by atoms with Crippen LogP contribution >= 0.6 is 7.82 Å². The Hall–Kier alpha value is -3.11. The van der Waals surface area contributed by atoms with Gasteiger partial charge in [0.05, 0.1) is 19.8 Å². The second kappa shape index (κ2) is 43.0. The van der Waals surface area contributed by atoms with Crippen LogP contribution in [0.5, 0.6) is 0 Å². The van der Waals surface area contributed by atoms with Crippen LogP contribution < -0.4 is 0 Å². The van der Waals surface area contributed by atoms with Crippen LogP contribution in [-0.4, -0.2) is 65.7 Å². The zero-order chi connectivity index (χ0) is 43.3. The smallest absolute Gasteiger partial charge is 0.462 e. The molecule has 3 N–H and O–H groups in total. The lowest BCUT2D eigenvalue weighted by atomic mass is 10.1. The third-order valence-electron chi connectivity index (χ3n) is 8.69. The van der Waals surface area contributed by atoms with Crippen molar-refractivity contribution in [2.75, 3.05) is 26.4 Å². The maximum Gasteiger partial charge on any atom is 0.472 e. The minimum absolute atomic E-state index is 0.133. The Kier molecular flexibility index (Phi) is 40.7. The molecule has 0 rings (SSSR count). The van der Waals surface area contributed by atoms with E-state index in [1.54, 1.807) is 0 Å². The number of aliphatic hydroxyl groups excluding tert-OH is 2.